The highest BCUT2D eigenvalue weighted by Gasteiger charge is 2.28. The number of fused-ring (bicyclic) bond motifs is 1. The molecule has 12 nitrogen and oxygen atoms in total. The van der Waals surface area contributed by atoms with E-state index in [2.05, 4.69) is 53.7 Å². The van der Waals surface area contributed by atoms with Gasteiger partial charge in [-0.2, -0.15) is 0 Å². The van der Waals surface area contributed by atoms with E-state index in [1.54, 1.807) is 55.8 Å². The number of hydrogen-bond donors (Lipinski definition) is 3. The van der Waals surface area contributed by atoms with E-state index in [0.717, 1.165) is 48.7 Å². The van der Waals surface area contributed by atoms with Crippen LogP contribution in [0.5, 0.6) is 17.2 Å². The Morgan fingerprint density at radius 1 is 0.898 bits per heavy atom. The number of benzene rings is 4. The zero-order valence-electron chi connectivity index (χ0n) is 35.4. The van der Waals surface area contributed by atoms with E-state index < -0.39 is 19.5 Å². The molecule has 0 bridgehead atoms. The third kappa shape index (κ3) is 10.8. The molecule has 1 aliphatic heterocycles. The topological polar surface area (TPSA) is 134 Å². The average Bonchev–Trinajstić information content (AvgIpc) is 3.21. The maximum Gasteiger partial charge on any atom is 0.323 e. The second-order valence-electron chi connectivity index (χ2n) is 16.5. The molecule has 1 aliphatic rings. The van der Waals surface area contributed by atoms with Crippen molar-refractivity contribution in [2.45, 2.75) is 51.8 Å². The third-order valence-corrected chi connectivity index (χ3v) is 12.2. The fourth-order valence-electron chi connectivity index (χ4n) is 7.31. The van der Waals surface area contributed by atoms with Crippen molar-refractivity contribution in [3.63, 3.8) is 0 Å². The van der Waals surface area contributed by atoms with Crippen LogP contribution in [0, 0.1) is 5.92 Å². The summed E-state index contributed by atoms with van der Waals surface area (Å²) in [5, 5.41) is 11.4. The number of hydrogen-bond acceptors (Lipinski definition) is 9. The summed E-state index contributed by atoms with van der Waals surface area (Å²) in [6.45, 7) is 12.2. The van der Waals surface area contributed by atoms with E-state index >= 15 is 0 Å². The Bertz CT molecular complexity index is 2300. The number of ether oxygens (including phenoxy) is 3. The summed E-state index contributed by atoms with van der Waals surface area (Å²) >= 11 is 0. The largest absolute Gasteiger partial charge is 0.494 e. The number of rotatable bonds is 14. The van der Waals surface area contributed by atoms with Gasteiger partial charge in [-0.25, -0.2) is 9.78 Å². The molecule has 1 fully saturated rings. The van der Waals surface area contributed by atoms with Gasteiger partial charge in [-0.3, -0.25) is 9.69 Å². The van der Waals surface area contributed by atoms with E-state index in [9.17, 15) is 14.2 Å². The number of aromatic nitrogens is 1. The second-order valence-corrected chi connectivity index (χ2v) is 19.7. The van der Waals surface area contributed by atoms with Gasteiger partial charge in [0.2, 0.25) is 6.35 Å². The standard InChI is InChI=1S/C46H57N6O6P/c1-46(2,3)33-28-38(42(56-5)40(29-33)59(7,8)55)49-44(54)48-37-18-19-39(36-17-13-12-16-35(36)37)58-34-20-24-47-41(30-34)50-45(57-6)52(43(53)32-14-10-9-11-15-32)27-23-31-21-25-51(4)26-22-31/h9-20,24,28-31,45H,21-23,25-27H2,1-8H3,(H,47,50)(H2,48,49,54). The van der Waals surface area contributed by atoms with E-state index in [-0.39, 0.29) is 11.3 Å². The van der Waals surface area contributed by atoms with Gasteiger partial charge in [0, 0.05) is 42.3 Å². The number of pyridine rings is 1. The van der Waals surface area contributed by atoms with Crippen LogP contribution in [0.25, 0.3) is 10.8 Å². The molecule has 0 aliphatic carbocycles. The lowest BCUT2D eigenvalue weighted by atomic mass is 9.86. The Hall–Kier alpha value is -5.42. The van der Waals surface area contributed by atoms with Crippen molar-refractivity contribution in [1.29, 1.82) is 0 Å². The van der Waals surface area contributed by atoms with Crippen LogP contribution in [-0.2, 0) is 14.7 Å². The average molecular weight is 821 g/mol. The lowest BCUT2D eigenvalue weighted by Crippen LogP contribution is -2.47. The number of nitrogens with one attached hydrogen (secondary N) is 3. The third-order valence-electron chi connectivity index (χ3n) is 10.7. The number of amides is 3. The molecule has 0 spiro atoms. The molecule has 13 heteroatoms. The number of methoxy groups -OCH3 is 2. The Kier molecular flexibility index (Phi) is 13.7. The predicted octanol–water partition coefficient (Wildman–Crippen LogP) is 9.44. The Morgan fingerprint density at radius 2 is 1.58 bits per heavy atom. The number of urea groups is 1. The minimum Gasteiger partial charge on any atom is -0.494 e. The summed E-state index contributed by atoms with van der Waals surface area (Å²) in [7, 11) is 2.48. The highest BCUT2D eigenvalue weighted by atomic mass is 31.2. The van der Waals surface area contributed by atoms with E-state index in [4.69, 9.17) is 14.2 Å². The van der Waals surface area contributed by atoms with Gasteiger partial charge >= 0.3 is 6.03 Å². The fourth-order valence-corrected chi connectivity index (χ4v) is 8.47. The molecular formula is C46H57N6O6P. The van der Waals surface area contributed by atoms with Gasteiger partial charge in [0.25, 0.3) is 5.91 Å². The molecule has 3 amide bonds. The molecule has 5 aromatic rings. The van der Waals surface area contributed by atoms with Crippen molar-refractivity contribution in [2.24, 2.45) is 5.92 Å². The quantitative estimate of drug-likeness (QED) is 0.0740. The SMILES string of the molecule is COc1c(NC(=O)Nc2ccc(Oc3ccnc(NC(OC)N(CCC4CCN(C)CC4)C(=O)c4ccccc4)c3)c3ccccc23)cc(C(C)(C)C)cc1P(C)(C)=O. The molecule has 312 valence electrons. The maximum atomic E-state index is 13.9. The van der Waals surface area contributed by atoms with Gasteiger partial charge < -0.3 is 39.6 Å². The van der Waals surface area contributed by atoms with Crippen molar-refractivity contribution in [3.8, 4) is 17.2 Å². The highest BCUT2D eigenvalue weighted by Crippen LogP contribution is 2.44. The molecule has 1 saturated heterocycles. The number of likely N-dealkylation sites (tertiary alicyclic amines) is 1. The summed E-state index contributed by atoms with van der Waals surface area (Å²) in [6.07, 6.45) is 3.91. The Morgan fingerprint density at radius 3 is 2.24 bits per heavy atom. The monoisotopic (exact) mass is 820 g/mol. The lowest BCUT2D eigenvalue weighted by Gasteiger charge is -2.34. The normalized spacial score (nSPS) is 14.4. The molecule has 6 rings (SSSR count). The number of piperidine rings is 1. The lowest BCUT2D eigenvalue weighted by molar-refractivity contribution is -0.00739. The number of carbonyl (C=O) groups is 2. The zero-order valence-corrected chi connectivity index (χ0v) is 36.3. The van der Waals surface area contributed by atoms with Crippen LogP contribution in [0.4, 0.5) is 22.0 Å². The van der Waals surface area contributed by atoms with Crippen LogP contribution in [0.2, 0.25) is 0 Å². The first kappa shape index (κ1) is 43.2. The number of carbonyl (C=O) groups excluding carboxylic acids is 2. The van der Waals surface area contributed by atoms with E-state index in [0.29, 0.717) is 57.8 Å². The highest BCUT2D eigenvalue weighted by molar-refractivity contribution is 7.70. The van der Waals surface area contributed by atoms with Crippen molar-refractivity contribution < 1.29 is 28.4 Å². The molecule has 0 radical (unpaired) electrons. The summed E-state index contributed by atoms with van der Waals surface area (Å²) in [4.78, 5) is 36.2. The molecule has 1 atom stereocenters. The Labute approximate surface area is 348 Å². The molecule has 0 saturated carbocycles. The smallest absolute Gasteiger partial charge is 0.323 e. The van der Waals surface area contributed by atoms with Crippen molar-refractivity contribution in [1.82, 2.24) is 14.8 Å². The maximum absolute atomic E-state index is 13.9. The molecule has 4 aromatic carbocycles. The van der Waals surface area contributed by atoms with E-state index in [1.807, 2.05) is 66.7 Å². The van der Waals surface area contributed by atoms with Gasteiger partial charge in [0.15, 0.2) is 5.75 Å². The van der Waals surface area contributed by atoms with Crippen LogP contribution in [0.3, 0.4) is 0 Å². The summed E-state index contributed by atoms with van der Waals surface area (Å²) < 4.78 is 31.4. The number of anilines is 3. The van der Waals surface area contributed by atoms with Crippen LogP contribution < -0.4 is 30.7 Å². The molecule has 59 heavy (non-hydrogen) atoms. The molecule has 1 unspecified atom stereocenters. The zero-order chi connectivity index (χ0) is 42.3. The van der Waals surface area contributed by atoms with Gasteiger partial charge in [-0.05, 0) is 112 Å². The first-order valence-corrected chi connectivity index (χ1v) is 22.6. The van der Waals surface area contributed by atoms with Gasteiger partial charge in [0.05, 0.1) is 23.8 Å². The molecule has 1 aromatic heterocycles. The van der Waals surface area contributed by atoms with Crippen molar-refractivity contribution in [2.75, 3.05) is 70.2 Å². The van der Waals surface area contributed by atoms with Crippen LogP contribution >= 0.6 is 7.14 Å². The first-order valence-electron chi connectivity index (χ1n) is 20.0. The van der Waals surface area contributed by atoms with Crippen molar-refractivity contribution >= 4 is 52.3 Å². The number of nitrogens with zero attached hydrogens (tertiary/aromatic N) is 3. The molecule has 3 N–H and O–H groups in total. The van der Waals surface area contributed by atoms with Gasteiger partial charge in [-0.1, -0.05) is 63.2 Å². The fraction of sp³-hybridized carbons (Fsp3) is 0.370. The van der Waals surface area contributed by atoms with Crippen LogP contribution in [0.15, 0.2) is 97.2 Å². The van der Waals surface area contributed by atoms with Crippen LogP contribution in [0.1, 0.15) is 56.0 Å². The molecular weight excluding hydrogens is 764 g/mol. The summed E-state index contributed by atoms with van der Waals surface area (Å²) in [5.74, 6) is 2.32. The van der Waals surface area contributed by atoms with Crippen molar-refractivity contribution in [3.05, 3.63) is 108 Å². The van der Waals surface area contributed by atoms with E-state index in [1.165, 1.54) is 7.11 Å². The second kappa shape index (κ2) is 18.7. The molecule has 2 heterocycles. The minimum atomic E-state index is -2.76. The van der Waals surface area contributed by atoms with Gasteiger partial charge in [-0.15, -0.1) is 0 Å². The Balaban J connectivity index is 1.20. The summed E-state index contributed by atoms with van der Waals surface area (Å²) in [5.41, 5.74) is 2.24. The minimum absolute atomic E-state index is 0.130. The van der Waals surface area contributed by atoms with Crippen LogP contribution in [-0.4, -0.2) is 87.3 Å². The van der Waals surface area contributed by atoms with Gasteiger partial charge in [0.1, 0.15) is 24.5 Å². The predicted molar refractivity (Wildman–Crippen MR) is 238 cm³/mol. The first-order chi connectivity index (χ1) is 28.1. The summed E-state index contributed by atoms with van der Waals surface area (Å²) in [6, 6.07) is 27.3.